The molecule has 0 bridgehead atoms. The maximum atomic E-state index is 12.5. The Hall–Kier alpha value is -1.47. The first-order valence-electron chi connectivity index (χ1n) is 9.68. The minimum Gasteiger partial charge on any atom is -0.389 e. The molecular formula is C20H28N2O4. The third kappa shape index (κ3) is 4.26. The van der Waals surface area contributed by atoms with Crippen LogP contribution in [0.15, 0.2) is 24.3 Å². The zero-order chi connectivity index (χ0) is 17.9. The lowest BCUT2D eigenvalue weighted by molar-refractivity contribution is -0.138. The fraction of sp³-hybridized carbons (Fsp3) is 0.650. The second-order valence-electron chi connectivity index (χ2n) is 7.73. The van der Waals surface area contributed by atoms with Crippen LogP contribution in [-0.4, -0.2) is 61.2 Å². The minimum absolute atomic E-state index is 0.0511. The predicted octanol–water partition coefficient (Wildman–Crippen LogP) is 0.557. The molecule has 4 atom stereocenters. The van der Waals surface area contributed by atoms with Gasteiger partial charge in [-0.15, -0.1) is 0 Å². The molecule has 0 spiro atoms. The lowest BCUT2D eigenvalue weighted by atomic mass is 9.96. The second-order valence-corrected chi connectivity index (χ2v) is 7.73. The number of hydrogen-bond donors (Lipinski definition) is 3. The molecule has 3 aliphatic rings. The summed E-state index contributed by atoms with van der Waals surface area (Å²) < 4.78 is 11.7. The molecule has 1 amide bonds. The Morgan fingerprint density at radius 2 is 1.96 bits per heavy atom. The summed E-state index contributed by atoms with van der Waals surface area (Å²) in [7, 11) is 0. The molecule has 26 heavy (non-hydrogen) atoms. The van der Waals surface area contributed by atoms with Gasteiger partial charge in [0.25, 0.3) is 0 Å². The molecule has 142 valence electrons. The fourth-order valence-electron chi connectivity index (χ4n) is 4.32. The third-order valence-corrected chi connectivity index (χ3v) is 5.65. The van der Waals surface area contributed by atoms with Gasteiger partial charge in [-0.05, 0) is 36.8 Å². The van der Waals surface area contributed by atoms with Crippen LogP contribution in [-0.2, 0) is 27.1 Å². The molecule has 2 heterocycles. The molecule has 1 aromatic carbocycles. The number of fused-ring (bicyclic) bond motifs is 2. The van der Waals surface area contributed by atoms with Gasteiger partial charge in [0.1, 0.15) is 0 Å². The Kier molecular flexibility index (Phi) is 5.55. The van der Waals surface area contributed by atoms with Crippen LogP contribution in [0.3, 0.4) is 0 Å². The van der Waals surface area contributed by atoms with Crippen molar-refractivity contribution in [1.29, 1.82) is 0 Å². The van der Waals surface area contributed by atoms with Crippen LogP contribution in [0, 0.1) is 0 Å². The molecule has 4 rings (SSSR count). The summed E-state index contributed by atoms with van der Waals surface area (Å²) >= 11 is 0. The van der Waals surface area contributed by atoms with Crippen molar-refractivity contribution >= 4 is 5.91 Å². The van der Waals surface area contributed by atoms with Gasteiger partial charge < -0.3 is 25.2 Å². The van der Waals surface area contributed by atoms with E-state index in [-0.39, 0.29) is 30.2 Å². The summed E-state index contributed by atoms with van der Waals surface area (Å²) in [6.07, 6.45) is 3.44. The van der Waals surface area contributed by atoms with Crippen LogP contribution in [0.25, 0.3) is 0 Å². The van der Waals surface area contributed by atoms with E-state index < -0.39 is 6.10 Å². The minimum atomic E-state index is -0.463. The molecule has 0 saturated carbocycles. The smallest absolute Gasteiger partial charge is 0.222 e. The van der Waals surface area contributed by atoms with Gasteiger partial charge in [0, 0.05) is 18.6 Å². The Labute approximate surface area is 154 Å². The van der Waals surface area contributed by atoms with Gasteiger partial charge in [-0.25, -0.2) is 0 Å². The van der Waals surface area contributed by atoms with Crippen LogP contribution in [0.2, 0.25) is 0 Å². The molecule has 2 aliphatic heterocycles. The molecule has 1 aromatic rings. The number of hydrogen-bond acceptors (Lipinski definition) is 5. The van der Waals surface area contributed by atoms with Crippen LogP contribution in [0.5, 0.6) is 0 Å². The first kappa shape index (κ1) is 17.9. The zero-order valence-electron chi connectivity index (χ0n) is 15.0. The van der Waals surface area contributed by atoms with Crippen molar-refractivity contribution in [2.75, 3.05) is 19.8 Å². The highest BCUT2D eigenvalue weighted by Crippen LogP contribution is 2.25. The number of carbonyl (C=O) groups excluding carboxylic acids is 1. The van der Waals surface area contributed by atoms with Crippen molar-refractivity contribution in [3.05, 3.63) is 35.4 Å². The average molecular weight is 360 g/mol. The molecule has 0 aromatic heterocycles. The number of carbonyl (C=O) groups is 1. The van der Waals surface area contributed by atoms with E-state index in [1.165, 1.54) is 11.1 Å². The van der Waals surface area contributed by atoms with Crippen molar-refractivity contribution < 1.29 is 19.4 Å². The molecule has 2 saturated heterocycles. The number of β-amino-alcohol motifs (C(OH)–C–C–N with tert-alkyl or cyclic N) is 1. The fourth-order valence-corrected chi connectivity index (χ4v) is 4.32. The first-order valence-corrected chi connectivity index (χ1v) is 9.68. The number of amides is 1. The molecule has 6 nitrogen and oxygen atoms in total. The summed E-state index contributed by atoms with van der Waals surface area (Å²) in [5.41, 5.74) is 2.68. The van der Waals surface area contributed by atoms with Gasteiger partial charge in [0.15, 0.2) is 0 Å². The maximum absolute atomic E-state index is 12.5. The summed E-state index contributed by atoms with van der Waals surface area (Å²) in [6, 6.07) is 8.78. The van der Waals surface area contributed by atoms with Crippen molar-refractivity contribution in [1.82, 2.24) is 10.6 Å². The number of benzene rings is 1. The van der Waals surface area contributed by atoms with Crippen LogP contribution in [0.4, 0.5) is 0 Å². The highest BCUT2D eigenvalue weighted by Gasteiger charge is 2.34. The second kappa shape index (κ2) is 8.05. The van der Waals surface area contributed by atoms with Gasteiger partial charge in [0.2, 0.25) is 5.91 Å². The summed E-state index contributed by atoms with van der Waals surface area (Å²) in [5, 5.41) is 16.2. The van der Waals surface area contributed by atoms with E-state index in [0.29, 0.717) is 26.2 Å². The Morgan fingerprint density at radius 1 is 1.19 bits per heavy atom. The SMILES string of the molecule is O=C(C[C@@H]1CC[C@@H]2NC[C@H](O)COC[C@H]2O1)NC1Cc2ccccc2C1. The zero-order valence-corrected chi connectivity index (χ0v) is 15.0. The number of ether oxygens (including phenoxy) is 2. The standard InChI is InChI=1S/C20H28N2O4/c23-16-10-21-18-6-5-17(26-19(18)12-25-11-16)9-20(24)22-15-7-13-3-1-2-4-14(13)8-15/h1-4,15-19,21,23H,5-12H2,(H,22,24)/t16-,17-,18-,19+/m0/s1. The molecule has 0 unspecified atom stereocenters. The van der Waals surface area contributed by atoms with Gasteiger partial charge in [-0.2, -0.15) is 0 Å². The van der Waals surface area contributed by atoms with E-state index in [0.717, 1.165) is 25.7 Å². The summed E-state index contributed by atoms with van der Waals surface area (Å²) in [6.45, 7) is 1.32. The van der Waals surface area contributed by atoms with Crippen molar-refractivity contribution in [3.8, 4) is 0 Å². The van der Waals surface area contributed by atoms with Gasteiger partial charge in [-0.1, -0.05) is 24.3 Å². The van der Waals surface area contributed by atoms with Crippen molar-refractivity contribution in [2.24, 2.45) is 0 Å². The first-order chi connectivity index (χ1) is 12.7. The third-order valence-electron chi connectivity index (χ3n) is 5.65. The van der Waals surface area contributed by atoms with Crippen LogP contribution < -0.4 is 10.6 Å². The molecular weight excluding hydrogens is 332 g/mol. The van der Waals surface area contributed by atoms with Crippen LogP contribution in [0.1, 0.15) is 30.4 Å². The van der Waals surface area contributed by atoms with E-state index in [9.17, 15) is 9.90 Å². The van der Waals surface area contributed by atoms with Crippen molar-refractivity contribution in [2.45, 2.75) is 62.5 Å². The van der Waals surface area contributed by atoms with Crippen molar-refractivity contribution in [3.63, 3.8) is 0 Å². The molecule has 3 N–H and O–H groups in total. The van der Waals surface area contributed by atoms with Gasteiger partial charge in [0.05, 0.1) is 37.9 Å². The average Bonchev–Trinajstić information content (AvgIpc) is 3.01. The van der Waals surface area contributed by atoms with E-state index >= 15 is 0 Å². The Bertz CT molecular complexity index is 613. The maximum Gasteiger partial charge on any atom is 0.222 e. The van der Waals surface area contributed by atoms with E-state index in [1.54, 1.807) is 0 Å². The normalized spacial score (nSPS) is 32.2. The van der Waals surface area contributed by atoms with Gasteiger partial charge >= 0.3 is 0 Å². The molecule has 2 fully saturated rings. The Balaban J connectivity index is 1.25. The quantitative estimate of drug-likeness (QED) is 0.734. The van der Waals surface area contributed by atoms with E-state index in [2.05, 4.69) is 34.9 Å². The molecule has 1 aliphatic carbocycles. The van der Waals surface area contributed by atoms with Crippen LogP contribution >= 0.6 is 0 Å². The highest BCUT2D eigenvalue weighted by atomic mass is 16.5. The largest absolute Gasteiger partial charge is 0.389 e. The Morgan fingerprint density at radius 3 is 2.73 bits per heavy atom. The summed E-state index contributed by atoms with van der Waals surface area (Å²) in [5.74, 6) is 0.0707. The van der Waals surface area contributed by atoms with E-state index in [1.807, 2.05) is 0 Å². The molecule has 6 heteroatoms. The lowest BCUT2D eigenvalue weighted by Crippen LogP contribution is -2.54. The lowest BCUT2D eigenvalue weighted by Gasteiger charge is -2.38. The summed E-state index contributed by atoms with van der Waals surface area (Å²) in [4.78, 5) is 12.5. The highest BCUT2D eigenvalue weighted by molar-refractivity contribution is 5.77. The van der Waals surface area contributed by atoms with E-state index in [4.69, 9.17) is 9.47 Å². The number of nitrogens with one attached hydrogen (secondary N) is 2. The number of aliphatic hydroxyl groups is 1. The topological polar surface area (TPSA) is 79.8 Å². The monoisotopic (exact) mass is 360 g/mol. The number of rotatable bonds is 3. The molecule has 0 radical (unpaired) electrons. The number of aliphatic hydroxyl groups excluding tert-OH is 1. The predicted molar refractivity (Wildman–Crippen MR) is 96.9 cm³/mol. The van der Waals surface area contributed by atoms with Gasteiger partial charge in [-0.3, -0.25) is 4.79 Å².